The Hall–Kier alpha value is -3.41. The number of anilines is 1. The minimum atomic E-state index is -0.279. The molecule has 176 valence electrons. The lowest BCUT2D eigenvalue weighted by Gasteiger charge is -2.24. The molecular formula is C28H31N3O3. The normalized spacial score (nSPS) is 16.0. The third kappa shape index (κ3) is 4.63. The van der Waals surface area contributed by atoms with E-state index < -0.39 is 0 Å². The number of hydrogen-bond acceptors (Lipinski definition) is 5. The van der Waals surface area contributed by atoms with E-state index in [1.54, 1.807) is 11.1 Å². The first-order chi connectivity index (χ1) is 16.3. The lowest BCUT2D eigenvalue weighted by atomic mass is 10.0. The van der Waals surface area contributed by atoms with Crippen LogP contribution in [0.1, 0.15) is 60.7 Å². The number of rotatable bonds is 7. The number of fused-ring (bicyclic) bond motifs is 1. The van der Waals surface area contributed by atoms with E-state index in [9.17, 15) is 4.79 Å². The van der Waals surface area contributed by atoms with Gasteiger partial charge in [0.05, 0.1) is 12.2 Å². The van der Waals surface area contributed by atoms with Crippen LogP contribution in [0.5, 0.6) is 11.5 Å². The number of carbonyl (C=O) groups excluding carboxylic acids is 1. The Bertz CT molecular complexity index is 1230. The summed E-state index contributed by atoms with van der Waals surface area (Å²) in [6.07, 6.45) is 5.00. The summed E-state index contributed by atoms with van der Waals surface area (Å²) in [4.78, 5) is 24.5. The molecule has 3 aromatic rings. The molecule has 2 aromatic heterocycles. The molecule has 6 nitrogen and oxygen atoms in total. The first-order valence-corrected chi connectivity index (χ1v) is 11.9. The van der Waals surface area contributed by atoms with E-state index >= 15 is 0 Å². The van der Waals surface area contributed by atoms with Gasteiger partial charge in [0, 0.05) is 23.9 Å². The van der Waals surface area contributed by atoms with Crippen LogP contribution in [0.3, 0.4) is 0 Å². The van der Waals surface area contributed by atoms with Gasteiger partial charge in [-0.3, -0.25) is 14.7 Å². The number of nitrogens with zero attached hydrogens (tertiary/aromatic N) is 3. The van der Waals surface area contributed by atoms with E-state index in [2.05, 4.69) is 24.9 Å². The second-order valence-electron chi connectivity index (χ2n) is 9.94. The van der Waals surface area contributed by atoms with Crippen molar-refractivity contribution >= 4 is 11.7 Å². The van der Waals surface area contributed by atoms with Crippen LogP contribution >= 0.6 is 0 Å². The molecule has 3 heterocycles. The summed E-state index contributed by atoms with van der Waals surface area (Å²) in [5.41, 5.74) is 4.95. The van der Waals surface area contributed by atoms with Gasteiger partial charge < -0.3 is 9.47 Å². The maximum atomic E-state index is 13.5. The van der Waals surface area contributed by atoms with Crippen LogP contribution in [-0.4, -0.2) is 28.1 Å². The van der Waals surface area contributed by atoms with Gasteiger partial charge in [-0.1, -0.05) is 24.3 Å². The van der Waals surface area contributed by atoms with Crippen molar-refractivity contribution in [2.24, 2.45) is 0 Å². The summed E-state index contributed by atoms with van der Waals surface area (Å²) in [5.74, 6) is 2.38. The Morgan fingerprint density at radius 2 is 1.97 bits per heavy atom. The fourth-order valence-electron chi connectivity index (χ4n) is 4.58. The van der Waals surface area contributed by atoms with E-state index in [-0.39, 0.29) is 18.1 Å². The predicted octanol–water partition coefficient (Wildman–Crippen LogP) is 5.30. The largest absolute Gasteiger partial charge is 0.483 e. The van der Waals surface area contributed by atoms with E-state index in [0.29, 0.717) is 24.0 Å². The molecule has 1 aliphatic heterocycles. The highest BCUT2D eigenvalue weighted by molar-refractivity contribution is 5.93. The first kappa shape index (κ1) is 22.4. The molecule has 1 aromatic carbocycles. The number of aryl methyl sites for hydroxylation is 2. The van der Waals surface area contributed by atoms with Crippen LogP contribution in [0.15, 0.2) is 48.7 Å². The Labute approximate surface area is 201 Å². The topological polar surface area (TPSA) is 64.6 Å². The summed E-state index contributed by atoms with van der Waals surface area (Å²) in [5, 5.41) is 0. The van der Waals surface area contributed by atoms with Crippen LogP contribution in [0.4, 0.5) is 5.82 Å². The Morgan fingerprint density at radius 3 is 2.71 bits per heavy atom. The lowest BCUT2D eigenvalue weighted by molar-refractivity contribution is -0.120. The summed E-state index contributed by atoms with van der Waals surface area (Å²) >= 11 is 0. The zero-order valence-electron chi connectivity index (χ0n) is 20.3. The van der Waals surface area contributed by atoms with Crippen LogP contribution < -0.4 is 14.4 Å². The Balaban J connectivity index is 1.39. The first-order valence-electron chi connectivity index (χ1n) is 11.9. The summed E-state index contributed by atoms with van der Waals surface area (Å²) in [7, 11) is 0. The van der Waals surface area contributed by atoms with Gasteiger partial charge in [-0.15, -0.1) is 0 Å². The summed E-state index contributed by atoms with van der Waals surface area (Å²) in [6.45, 7) is 8.35. The van der Waals surface area contributed by atoms with Gasteiger partial charge in [-0.2, -0.15) is 0 Å². The fraction of sp³-hybridized carbons (Fsp3) is 0.393. The van der Waals surface area contributed by atoms with Crippen LogP contribution in [0, 0.1) is 13.8 Å². The lowest BCUT2D eigenvalue weighted by Crippen LogP contribution is -2.36. The van der Waals surface area contributed by atoms with Gasteiger partial charge in [0.25, 0.3) is 5.91 Å². The molecule has 0 unspecified atom stereocenters. The average Bonchev–Trinajstić information content (AvgIpc) is 3.58. The van der Waals surface area contributed by atoms with E-state index in [1.807, 2.05) is 50.2 Å². The van der Waals surface area contributed by atoms with Crippen molar-refractivity contribution in [1.82, 2.24) is 9.97 Å². The van der Waals surface area contributed by atoms with Gasteiger partial charge in [0.15, 0.2) is 18.1 Å². The van der Waals surface area contributed by atoms with Crippen molar-refractivity contribution in [2.75, 3.05) is 11.5 Å². The molecule has 0 spiro atoms. The number of ether oxygens (including phenoxy) is 2. The van der Waals surface area contributed by atoms with Gasteiger partial charge in [0.2, 0.25) is 0 Å². The molecule has 0 bridgehead atoms. The second-order valence-corrected chi connectivity index (χ2v) is 9.94. The maximum absolute atomic E-state index is 13.5. The molecule has 2 aliphatic rings. The van der Waals surface area contributed by atoms with Crippen molar-refractivity contribution in [3.8, 4) is 11.5 Å². The molecule has 0 radical (unpaired) electrons. The zero-order chi connectivity index (χ0) is 23.9. The number of aromatic nitrogens is 2. The van der Waals surface area contributed by atoms with E-state index in [0.717, 1.165) is 34.7 Å². The van der Waals surface area contributed by atoms with E-state index in [4.69, 9.17) is 14.5 Å². The van der Waals surface area contributed by atoms with Crippen molar-refractivity contribution in [2.45, 2.75) is 65.0 Å². The highest BCUT2D eigenvalue weighted by atomic mass is 16.5. The van der Waals surface area contributed by atoms with Crippen molar-refractivity contribution < 1.29 is 14.3 Å². The molecule has 0 atom stereocenters. The number of hydrogen-bond donors (Lipinski definition) is 0. The van der Waals surface area contributed by atoms with Gasteiger partial charge in [-0.25, -0.2) is 4.98 Å². The zero-order valence-corrected chi connectivity index (χ0v) is 20.3. The van der Waals surface area contributed by atoms with Crippen LogP contribution in [0.2, 0.25) is 0 Å². The van der Waals surface area contributed by atoms with Gasteiger partial charge in [0.1, 0.15) is 11.4 Å². The highest BCUT2D eigenvalue weighted by Crippen LogP contribution is 2.42. The van der Waals surface area contributed by atoms with Crippen LogP contribution in [0.25, 0.3) is 0 Å². The molecular weight excluding hydrogens is 426 g/mol. The predicted molar refractivity (Wildman–Crippen MR) is 131 cm³/mol. The molecule has 5 rings (SSSR count). The van der Waals surface area contributed by atoms with Crippen LogP contribution in [-0.2, 0) is 17.8 Å². The minimum absolute atomic E-state index is 0.114. The molecule has 6 heteroatoms. The maximum Gasteiger partial charge on any atom is 0.266 e. The molecule has 0 N–H and O–H groups in total. The minimum Gasteiger partial charge on any atom is -0.483 e. The highest BCUT2D eigenvalue weighted by Gasteiger charge is 2.33. The molecule has 1 amide bonds. The van der Waals surface area contributed by atoms with Gasteiger partial charge >= 0.3 is 0 Å². The Kier molecular flexibility index (Phi) is 5.76. The van der Waals surface area contributed by atoms with E-state index in [1.165, 1.54) is 18.4 Å². The monoisotopic (exact) mass is 457 g/mol. The molecule has 1 saturated carbocycles. The number of carbonyl (C=O) groups is 1. The summed E-state index contributed by atoms with van der Waals surface area (Å²) in [6, 6.07) is 13.8. The average molecular weight is 458 g/mol. The second kappa shape index (κ2) is 8.75. The number of para-hydroxylation sites is 1. The third-order valence-electron chi connectivity index (χ3n) is 6.54. The SMILES string of the molecule is Cc1cccnc1CN(C(=O)COc1cccc2c1OC(C)(C)C2)c1ccc(C2CC2)c(C)n1. The Morgan fingerprint density at radius 1 is 1.15 bits per heavy atom. The fourth-order valence-corrected chi connectivity index (χ4v) is 4.58. The van der Waals surface area contributed by atoms with Gasteiger partial charge in [-0.05, 0) is 75.8 Å². The smallest absolute Gasteiger partial charge is 0.266 e. The van der Waals surface area contributed by atoms with Crippen molar-refractivity contribution in [3.05, 3.63) is 76.7 Å². The molecule has 34 heavy (non-hydrogen) atoms. The van der Waals surface area contributed by atoms with Crippen molar-refractivity contribution in [1.29, 1.82) is 0 Å². The quantitative estimate of drug-likeness (QED) is 0.482. The molecule has 1 fully saturated rings. The summed E-state index contributed by atoms with van der Waals surface area (Å²) < 4.78 is 12.1. The molecule has 1 aliphatic carbocycles. The third-order valence-corrected chi connectivity index (χ3v) is 6.54. The number of amides is 1. The molecule has 0 saturated heterocycles. The number of pyridine rings is 2. The standard InChI is InChI=1S/C28H31N3O3/c1-18-7-6-14-29-23(18)16-31(25-13-12-22(19(2)30-25)20-10-11-20)26(32)17-33-24-9-5-8-21-15-28(3,4)34-27(21)24/h5-9,12-14,20H,10-11,15-17H2,1-4H3. The van der Waals surface area contributed by atoms with Crippen molar-refractivity contribution in [3.63, 3.8) is 0 Å². The number of benzene rings is 1.